The van der Waals surface area contributed by atoms with Gasteiger partial charge in [-0.3, -0.25) is 0 Å². The first kappa shape index (κ1) is 11.4. The molecule has 2 heterocycles. The highest BCUT2D eigenvalue weighted by molar-refractivity contribution is 7.11. The summed E-state index contributed by atoms with van der Waals surface area (Å²) in [6, 6.07) is 3.98. The highest BCUT2D eigenvalue weighted by Gasteiger charge is 2.01. The number of hydrogen-bond donors (Lipinski definition) is 1. The normalized spacial score (nSPS) is 10.9. The highest BCUT2D eigenvalue weighted by atomic mass is 32.1. The van der Waals surface area contributed by atoms with Crippen LogP contribution in [-0.2, 0) is 19.5 Å². The van der Waals surface area contributed by atoms with Gasteiger partial charge in [-0.25, -0.2) is 4.98 Å². The van der Waals surface area contributed by atoms with E-state index in [9.17, 15) is 0 Å². The van der Waals surface area contributed by atoms with Gasteiger partial charge in [0.15, 0.2) is 0 Å². The Morgan fingerprint density at radius 1 is 1.38 bits per heavy atom. The smallest absolute Gasteiger partial charge is 0.117 e. The van der Waals surface area contributed by atoms with Gasteiger partial charge >= 0.3 is 0 Å². The quantitative estimate of drug-likeness (QED) is 0.867. The second-order valence-electron chi connectivity index (χ2n) is 3.69. The van der Waals surface area contributed by atoms with E-state index in [1.165, 1.54) is 4.88 Å². The molecule has 0 radical (unpaired) electrons. The van der Waals surface area contributed by atoms with Gasteiger partial charge < -0.3 is 9.73 Å². The number of nitrogens with one attached hydrogen (secondary N) is 1. The maximum absolute atomic E-state index is 5.47. The van der Waals surface area contributed by atoms with Crippen LogP contribution in [0.3, 0.4) is 0 Å². The minimum absolute atomic E-state index is 0.759. The predicted molar refractivity (Wildman–Crippen MR) is 65.5 cm³/mol. The van der Waals surface area contributed by atoms with E-state index in [-0.39, 0.29) is 0 Å². The second-order valence-corrected chi connectivity index (χ2v) is 4.89. The third-order valence-electron chi connectivity index (χ3n) is 2.32. The van der Waals surface area contributed by atoms with Gasteiger partial charge in [-0.2, -0.15) is 0 Å². The van der Waals surface area contributed by atoms with Crippen LogP contribution in [0.25, 0.3) is 0 Å². The molecule has 0 bridgehead atoms. The molecule has 0 saturated heterocycles. The van der Waals surface area contributed by atoms with Crippen LogP contribution in [0.5, 0.6) is 0 Å². The van der Waals surface area contributed by atoms with E-state index < -0.39 is 0 Å². The van der Waals surface area contributed by atoms with Crippen molar-refractivity contribution in [1.82, 2.24) is 10.3 Å². The van der Waals surface area contributed by atoms with Crippen molar-refractivity contribution >= 4 is 11.3 Å². The van der Waals surface area contributed by atoms with Crippen molar-refractivity contribution in [1.29, 1.82) is 0 Å². The Morgan fingerprint density at radius 3 is 2.88 bits per heavy atom. The van der Waals surface area contributed by atoms with Crippen molar-refractivity contribution in [3.63, 3.8) is 0 Å². The van der Waals surface area contributed by atoms with Crippen molar-refractivity contribution in [2.24, 2.45) is 0 Å². The molecule has 2 aromatic heterocycles. The minimum atomic E-state index is 0.759. The summed E-state index contributed by atoms with van der Waals surface area (Å²) in [5, 5.41) is 4.46. The van der Waals surface area contributed by atoms with Gasteiger partial charge in [0.2, 0.25) is 0 Å². The van der Waals surface area contributed by atoms with Crippen LogP contribution >= 0.6 is 11.3 Å². The van der Waals surface area contributed by atoms with Crippen LogP contribution in [0.2, 0.25) is 0 Å². The molecule has 3 nitrogen and oxygen atoms in total. The fourth-order valence-corrected chi connectivity index (χ4v) is 2.30. The van der Waals surface area contributed by atoms with E-state index in [1.54, 1.807) is 11.3 Å². The van der Waals surface area contributed by atoms with Crippen molar-refractivity contribution < 1.29 is 4.42 Å². The predicted octanol–water partition coefficient (Wildman–Crippen LogP) is 2.90. The summed E-state index contributed by atoms with van der Waals surface area (Å²) in [6.07, 6.45) is 3.02. The zero-order valence-corrected chi connectivity index (χ0v) is 10.4. The largest absolute Gasteiger partial charge is 0.465 e. The molecule has 4 heteroatoms. The summed E-state index contributed by atoms with van der Waals surface area (Å²) in [5.74, 6) is 1.93. The van der Waals surface area contributed by atoms with Crippen molar-refractivity contribution in [2.75, 3.05) is 0 Å². The summed E-state index contributed by atoms with van der Waals surface area (Å²) >= 11 is 1.77. The first-order valence-corrected chi connectivity index (χ1v) is 6.29. The van der Waals surface area contributed by atoms with Gasteiger partial charge in [0.05, 0.1) is 6.54 Å². The van der Waals surface area contributed by atoms with Gasteiger partial charge in [-0.1, -0.05) is 6.92 Å². The Bertz CT molecular complexity index is 447. The molecule has 86 valence electrons. The summed E-state index contributed by atoms with van der Waals surface area (Å²) in [7, 11) is 0. The molecule has 0 amide bonds. The SMILES string of the molecule is CCc1cnc(CNCc2ccc(C)o2)s1. The Labute approximate surface area is 99.5 Å². The zero-order valence-electron chi connectivity index (χ0n) is 9.62. The number of nitrogens with zero attached hydrogens (tertiary/aromatic N) is 1. The fraction of sp³-hybridized carbons (Fsp3) is 0.417. The Hall–Kier alpha value is -1.13. The fourth-order valence-electron chi connectivity index (χ4n) is 1.47. The molecule has 2 rings (SSSR count). The molecule has 16 heavy (non-hydrogen) atoms. The van der Waals surface area contributed by atoms with Crippen LogP contribution in [-0.4, -0.2) is 4.98 Å². The lowest BCUT2D eigenvalue weighted by atomic mass is 10.4. The molecule has 0 fully saturated rings. The Morgan fingerprint density at radius 2 is 2.25 bits per heavy atom. The van der Waals surface area contributed by atoms with E-state index in [2.05, 4.69) is 17.2 Å². The zero-order chi connectivity index (χ0) is 11.4. The first-order chi connectivity index (χ1) is 7.78. The minimum Gasteiger partial charge on any atom is -0.465 e. The van der Waals surface area contributed by atoms with Crippen molar-refractivity contribution in [2.45, 2.75) is 33.4 Å². The number of aryl methyl sites for hydroxylation is 2. The van der Waals surface area contributed by atoms with E-state index >= 15 is 0 Å². The molecular weight excluding hydrogens is 220 g/mol. The van der Waals surface area contributed by atoms with E-state index in [0.717, 1.165) is 36.0 Å². The summed E-state index contributed by atoms with van der Waals surface area (Å²) in [6.45, 7) is 5.67. The van der Waals surface area contributed by atoms with Gasteiger partial charge in [-0.15, -0.1) is 11.3 Å². The van der Waals surface area contributed by atoms with Crippen molar-refractivity contribution in [3.8, 4) is 0 Å². The molecule has 0 aromatic carbocycles. The molecule has 0 saturated carbocycles. The van der Waals surface area contributed by atoms with Crippen LogP contribution < -0.4 is 5.32 Å². The molecule has 0 aliphatic rings. The third kappa shape index (κ3) is 2.93. The lowest BCUT2D eigenvalue weighted by molar-refractivity contribution is 0.461. The standard InChI is InChI=1S/C12H16N2OS/c1-3-11-7-14-12(16-11)8-13-6-10-5-4-9(2)15-10/h4-5,7,13H,3,6,8H2,1-2H3. The van der Waals surface area contributed by atoms with Crippen LogP contribution in [0, 0.1) is 6.92 Å². The van der Waals surface area contributed by atoms with Gasteiger partial charge in [0.25, 0.3) is 0 Å². The summed E-state index contributed by atoms with van der Waals surface area (Å²) in [5.41, 5.74) is 0. The lowest BCUT2D eigenvalue weighted by Gasteiger charge is -1.98. The Balaban J connectivity index is 1.79. The molecule has 2 aromatic rings. The van der Waals surface area contributed by atoms with E-state index in [4.69, 9.17) is 4.42 Å². The van der Waals surface area contributed by atoms with Crippen LogP contribution in [0.15, 0.2) is 22.7 Å². The van der Waals surface area contributed by atoms with Gasteiger partial charge in [0, 0.05) is 17.6 Å². The highest BCUT2D eigenvalue weighted by Crippen LogP contribution is 2.13. The van der Waals surface area contributed by atoms with E-state index in [0.29, 0.717) is 0 Å². The first-order valence-electron chi connectivity index (χ1n) is 5.47. The average molecular weight is 236 g/mol. The van der Waals surface area contributed by atoms with Crippen LogP contribution in [0.1, 0.15) is 28.3 Å². The number of thiazole rings is 1. The number of rotatable bonds is 5. The molecule has 0 aliphatic heterocycles. The van der Waals surface area contributed by atoms with Crippen molar-refractivity contribution in [3.05, 3.63) is 39.7 Å². The number of aromatic nitrogens is 1. The molecule has 0 spiro atoms. The molecule has 0 aliphatic carbocycles. The number of furan rings is 1. The molecule has 0 unspecified atom stereocenters. The van der Waals surface area contributed by atoms with Gasteiger partial charge in [-0.05, 0) is 25.5 Å². The Kier molecular flexibility index (Phi) is 3.74. The van der Waals surface area contributed by atoms with Crippen LogP contribution in [0.4, 0.5) is 0 Å². The average Bonchev–Trinajstić information content (AvgIpc) is 2.88. The lowest BCUT2D eigenvalue weighted by Crippen LogP contribution is -2.11. The summed E-state index contributed by atoms with van der Waals surface area (Å²) in [4.78, 5) is 5.69. The summed E-state index contributed by atoms with van der Waals surface area (Å²) < 4.78 is 5.47. The molecule has 0 atom stereocenters. The maximum Gasteiger partial charge on any atom is 0.117 e. The monoisotopic (exact) mass is 236 g/mol. The second kappa shape index (κ2) is 5.27. The number of hydrogen-bond acceptors (Lipinski definition) is 4. The molecule has 1 N–H and O–H groups in total. The molecular formula is C12H16N2OS. The van der Waals surface area contributed by atoms with Gasteiger partial charge in [0.1, 0.15) is 16.5 Å². The maximum atomic E-state index is 5.47. The topological polar surface area (TPSA) is 38.1 Å². The third-order valence-corrected chi connectivity index (χ3v) is 3.46. The van der Waals surface area contributed by atoms with E-state index in [1.807, 2.05) is 25.3 Å².